The quantitative estimate of drug-likeness (QED) is 0.823. The van der Waals surface area contributed by atoms with Crippen molar-refractivity contribution in [2.75, 3.05) is 18.8 Å². The molecule has 0 radical (unpaired) electrons. The maximum absolute atomic E-state index is 12.0. The number of sulfone groups is 1. The van der Waals surface area contributed by atoms with Gasteiger partial charge in [-0.15, -0.1) is 0 Å². The summed E-state index contributed by atoms with van der Waals surface area (Å²) in [7, 11) is -3.22. The Morgan fingerprint density at radius 1 is 1.11 bits per heavy atom. The van der Waals surface area contributed by atoms with Crippen molar-refractivity contribution in [2.24, 2.45) is 0 Å². The van der Waals surface area contributed by atoms with Gasteiger partial charge in [-0.3, -0.25) is 9.69 Å². The Hall–Kier alpha value is -0.620. The Bertz CT molecular complexity index is 387. The van der Waals surface area contributed by atoms with E-state index in [-0.39, 0.29) is 24.4 Å². The summed E-state index contributed by atoms with van der Waals surface area (Å²) in [6, 6.07) is 0. The van der Waals surface area contributed by atoms with Crippen molar-refractivity contribution in [3.8, 4) is 0 Å². The Labute approximate surface area is 110 Å². The molecule has 0 unspecified atom stereocenters. The summed E-state index contributed by atoms with van der Waals surface area (Å²) in [4.78, 5) is 12.5. The molecule has 0 atom stereocenters. The zero-order valence-corrected chi connectivity index (χ0v) is 13.0. The molecule has 0 rings (SSSR count). The van der Waals surface area contributed by atoms with E-state index >= 15 is 0 Å². The van der Waals surface area contributed by atoms with Crippen LogP contribution in [0, 0.1) is 0 Å². The topological polar surface area (TPSA) is 74.7 Å². The molecule has 0 amide bonds. The van der Waals surface area contributed by atoms with E-state index in [2.05, 4.69) is 0 Å². The number of carboxylic acids is 1. The lowest BCUT2D eigenvalue weighted by atomic mass is 10.1. The summed E-state index contributed by atoms with van der Waals surface area (Å²) < 4.78 is 23.2. The van der Waals surface area contributed by atoms with Gasteiger partial charge in [0.05, 0.1) is 17.0 Å². The SMILES string of the molecule is CC(C)(C)N(CCS(=O)(=O)C(C)(C)C)CC(=O)O. The molecule has 0 heterocycles. The van der Waals surface area contributed by atoms with Gasteiger partial charge in [0, 0.05) is 12.1 Å². The van der Waals surface area contributed by atoms with Crippen LogP contribution in [0.5, 0.6) is 0 Å². The highest BCUT2D eigenvalue weighted by Gasteiger charge is 2.31. The van der Waals surface area contributed by atoms with Gasteiger partial charge in [-0.2, -0.15) is 0 Å². The zero-order valence-electron chi connectivity index (χ0n) is 12.1. The molecule has 0 aliphatic heterocycles. The van der Waals surface area contributed by atoms with Crippen LogP contribution in [0.4, 0.5) is 0 Å². The first-order chi connectivity index (χ1) is 7.77. The normalized spacial score (nSPS) is 13.9. The van der Waals surface area contributed by atoms with Crippen molar-refractivity contribution >= 4 is 15.8 Å². The van der Waals surface area contributed by atoms with Crippen LogP contribution in [0.15, 0.2) is 0 Å². The van der Waals surface area contributed by atoms with Gasteiger partial charge in [0.25, 0.3) is 0 Å². The third-order valence-corrected chi connectivity index (χ3v) is 5.42. The molecule has 0 saturated carbocycles. The largest absolute Gasteiger partial charge is 0.480 e. The van der Waals surface area contributed by atoms with Gasteiger partial charge in [0.1, 0.15) is 0 Å². The first-order valence-corrected chi connectivity index (χ1v) is 7.62. The fourth-order valence-electron chi connectivity index (χ4n) is 1.35. The van der Waals surface area contributed by atoms with Crippen molar-refractivity contribution in [3.05, 3.63) is 0 Å². The fourth-order valence-corrected chi connectivity index (χ4v) is 2.42. The minimum atomic E-state index is -3.22. The van der Waals surface area contributed by atoms with E-state index in [1.54, 1.807) is 25.7 Å². The molecule has 6 heteroatoms. The maximum atomic E-state index is 12.0. The van der Waals surface area contributed by atoms with Crippen LogP contribution < -0.4 is 0 Å². The number of carboxylic acid groups (broad SMARTS) is 1. The second-order valence-corrected chi connectivity index (χ2v) is 9.28. The minimum Gasteiger partial charge on any atom is -0.480 e. The Balaban J connectivity index is 4.80. The number of hydrogen-bond acceptors (Lipinski definition) is 4. The number of hydrogen-bond donors (Lipinski definition) is 1. The predicted molar refractivity (Wildman–Crippen MR) is 72.5 cm³/mol. The number of rotatable bonds is 5. The highest BCUT2D eigenvalue weighted by molar-refractivity contribution is 7.92. The summed E-state index contributed by atoms with van der Waals surface area (Å²) in [6.45, 7) is 10.7. The molecule has 0 aromatic carbocycles. The van der Waals surface area contributed by atoms with Gasteiger partial charge in [-0.1, -0.05) is 0 Å². The van der Waals surface area contributed by atoms with Gasteiger partial charge in [0.15, 0.2) is 9.84 Å². The highest BCUT2D eigenvalue weighted by Crippen LogP contribution is 2.18. The van der Waals surface area contributed by atoms with Crippen LogP contribution >= 0.6 is 0 Å². The van der Waals surface area contributed by atoms with E-state index in [1.807, 2.05) is 20.8 Å². The van der Waals surface area contributed by atoms with E-state index in [0.717, 1.165) is 0 Å². The molecule has 0 fully saturated rings. The standard InChI is InChI=1S/C12H25NO4S/c1-11(2,3)13(9-10(14)15)7-8-18(16,17)12(4,5)6/h7-9H2,1-6H3,(H,14,15). The minimum absolute atomic E-state index is 0.0267. The van der Waals surface area contributed by atoms with E-state index < -0.39 is 20.6 Å². The van der Waals surface area contributed by atoms with Crippen LogP contribution in [0.3, 0.4) is 0 Å². The van der Waals surface area contributed by atoms with E-state index in [0.29, 0.717) is 0 Å². The van der Waals surface area contributed by atoms with Crippen molar-refractivity contribution in [1.82, 2.24) is 4.90 Å². The molecule has 0 spiro atoms. The molecular weight excluding hydrogens is 254 g/mol. The van der Waals surface area contributed by atoms with E-state index in [4.69, 9.17) is 5.11 Å². The lowest BCUT2D eigenvalue weighted by molar-refractivity contribution is -0.139. The van der Waals surface area contributed by atoms with Crippen LogP contribution in [-0.4, -0.2) is 53.5 Å². The molecule has 0 aliphatic carbocycles. The first-order valence-electron chi connectivity index (χ1n) is 5.96. The van der Waals surface area contributed by atoms with Crippen LogP contribution in [0.1, 0.15) is 41.5 Å². The van der Waals surface area contributed by atoms with Crippen LogP contribution in [0.25, 0.3) is 0 Å². The lowest BCUT2D eigenvalue weighted by Crippen LogP contribution is -2.47. The summed E-state index contributed by atoms with van der Waals surface area (Å²) in [5, 5.41) is 8.85. The molecule has 0 saturated heterocycles. The molecule has 0 aliphatic rings. The number of nitrogens with zero attached hydrogens (tertiary/aromatic N) is 1. The predicted octanol–water partition coefficient (Wildman–Crippen LogP) is 1.38. The molecule has 1 N–H and O–H groups in total. The van der Waals surface area contributed by atoms with Gasteiger partial charge in [0.2, 0.25) is 0 Å². The van der Waals surface area contributed by atoms with Crippen molar-refractivity contribution < 1.29 is 18.3 Å². The summed E-state index contributed by atoms with van der Waals surface area (Å²) >= 11 is 0. The number of carbonyl (C=O) groups is 1. The Morgan fingerprint density at radius 3 is 1.83 bits per heavy atom. The molecule has 0 aromatic heterocycles. The highest BCUT2D eigenvalue weighted by atomic mass is 32.2. The Morgan fingerprint density at radius 2 is 1.56 bits per heavy atom. The molecule has 5 nitrogen and oxygen atoms in total. The van der Waals surface area contributed by atoms with Crippen molar-refractivity contribution in [1.29, 1.82) is 0 Å². The molecule has 0 aromatic rings. The third kappa shape index (κ3) is 5.35. The van der Waals surface area contributed by atoms with Gasteiger partial charge >= 0.3 is 5.97 Å². The first kappa shape index (κ1) is 17.4. The third-order valence-electron chi connectivity index (χ3n) is 2.84. The average Bonchev–Trinajstić information content (AvgIpc) is 2.07. The smallest absolute Gasteiger partial charge is 0.317 e. The fraction of sp³-hybridized carbons (Fsp3) is 0.917. The summed E-state index contributed by atoms with van der Waals surface area (Å²) in [5.74, 6) is -0.973. The van der Waals surface area contributed by atoms with E-state index in [9.17, 15) is 13.2 Å². The number of aliphatic carboxylic acids is 1. The van der Waals surface area contributed by atoms with E-state index in [1.165, 1.54) is 0 Å². The lowest BCUT2D eigenvalue weighted by Gasteiger charge is -2.34. The monoisotopic (exact) mass is 279 g/mol. The second-order valence-electron chi connectivity index (χ2n) is 6.42. The summed E-state index contributed by atoms with van der Waals surface area (Å²) in [6.07, 6.45) is 0. The maximum Gasteiger partial charge on any atom is 0.317 e. The second kappa shape index (κ2) is 5.57. The van der Waals surface area contributed by atoms with Crippen molar-refractivity contribution in [2.45, 2.75) is 51.8 Å². The average molecular weight is 279 g/mol. The van der Waals surface area contributed by atoms with Crippen LogP contribution in [-0.2, 0) is 14.6 Å². The van der Waals surface area contributed by atoms with Gasteiger partial charge in [-0.25, -0.2) is 8.42 Å². The van der Waals surface area contributed by atoms with Gasteiger partial charge < -0.3 is 5.11 Å². The molecule has 108 valence electrons. The van der Waals surface area contributed by atoms with Crippen LogP contribution in [0.2, 0.25) is 0 Å². The molecule has 18 heavy (non-hydrogen) atoms. The van der Waals surface area contributed by atoms with Crippen molar-refractivity contribution in [3.63, 3.8) is 0 Å². The molecule has 0 bridgehead atoms. The Kier molecular flexibility index (Phi) is 5.38. The summed E-state index contributed by atoms with van der Waals surface area (Å²) in [5.41, 5.74) is -0.369. The molecular formula is C12H25NO4S. The zero-order chi connectivity index (χ0) is 14.8. The van der Waals surface area contributed by atoms with Gasteiger partial charge in [-0.05, 0) is 41.5 Å².